The van der Waals surface area contributed by atoms with Crippen molar-refractivity contribution < 1.29 is 13.5 Å². The van der Waals surface area contributed by atoms with Crippen LogP contribution in [0.1, 0.15) is 0 Å². The van der Waals surface area contributed by atoms with Crippen LogP contribution in [0.3, 0.4) is 0 Å². The molecular formula is C11H9ClN2O4S. The first-order valence-electron chi connectivity index (χ1n) is 5.08. The van der Waals surface area contributed by atoms with Crippen LogP contribution in [0.4, 0.5) is 5.69 Å². The Hall–Kier alpha value is -1.99. The molecule has 0 unspecified atom stereocenters. The second-order valence-corrected chi connectivity index (χ2v) is 5.75. The molecule has 0 saturated carbocycles. The number of rotatable bonds is 3. The zero-order chi connectivity index (χ0) is 14.0. The lowest BCUT2D eigenvalue weighted by atomic mass is 10.3. The number of phenols is 1. The highest BCUT2D eigenvalue weighted by Gasteiger charge is 2.14. The number of aromatic nitrogens is 1. The lowest BCUT2D eigenvalue weighted by Gasteiger charge is -2.08. The minimum Gasteiger partial charge on any atom is -0.506 e. The standard InChI is InChI=1S/C11H9ClN2O4S/c12-9-5-7(1-3-10(9)15)14-19(17,18)8-2-4-11(16)13-6-8/h1-6,14-15H,(H,13,16). The number of nitrogens with one attached hydrogen (secondary N) is 2. The quantitative estimate of drug-likeness (QED) is 0.749. The summed E-state index contributed by atoms with van der Waals surface area (Å²) in [5.74, 6) is -0.145. The van der Waals surface area contributed by atoms with E-state index in [4.69, 9.17) is 11.6 Å². The fraction of sp³-hybridized carbons (Fsp3) is 0. The van der Waals surface area contributed by atoms with Crippen molar-refractivity contribution in [3.8, 4) is 5.75 Å². The summed E-state index contributed by atoms with van der Waals surface area (Å²) in [6, 6.07) is 6.21. The van der Waals surface area contributed by atoms with Crippen molar-refractivity contribution in [2.75, 3.05) is 4.72 Å². The molecule has 0 aliphatic carbocycles. The van der Waals surface area contributed by atoms with Gasteiger partial charge in [-0.2, -0.15) is 0 Å². The van der Waals surface area contributed by atoms with Gasteiger partial charge in [-0.1, -0.05) is 11.6 Å². The fourth-order valence-corrected chi connectivity index (χ4v) is 2.54. The maximum absolute atomic E-state index is 12.0. The van der Waals surface area contributed by atoms with E-state index in [0.717, 1.165) is 12.3 Å². The topological polar surface area (TPSA) is 99.3 Å². The molecule has 2 rings (SSSR count). The first-order valence-corrected chi connectivity index (χ1v) is 6.95. The van der Waals surface area contributed by atoms with Crippen molar-refractivity contribution in [3.05, 3.63) is 51.9 Å². The summed E-state index contributed by atoms with van der Waals surface area (Å²) < 4.78 is 26.2. The van der Waals surface area contributed by atoms with E-state index in [0.29, 0.717) is 0 Å². The van der Waals surface area contributed by atoms with E-state index in [2.05, 4.69) is 9.71 Å². The highest BCUT2D eigenvalue weighted by atomic mass is 35.5. The number of aromatic amines is 1. The van der Waals surface area contributed by atoms with E-state index >= 15 is 0 Å². The second kappa shape index (κ2) is 4.94. The lowest BCUT2D eigenvalue weighted by molar-refractivity contribution is 0.475. The number of hydrogen-bond acceptors (Lipinski definition) is 4. The van der Waals surface area contributed by atoms with Crippen LogP contribution in [0, 0.1) is 0 Å². The molecule has 0 atom stereocenters. The second-order valence-electron chi connectivity index (χ2n) is 3.66. The monoisotopic (exact) mass is 300 g/mol. The van der Waals surface area contributed by atoms with Gasteiger partial charge in [0, 0.05) is 12.3 Å². The van der Waals surface area contributed by atoms with Gasteiger partial charge in [-0.25, -0.2) is 8.42 Å². The molecule has 0 aliphatic rings. The van der Waals surface area contributed by atoms with E-state index in [1.807, 2.05) is 0 Å². The largest absolute Gasteiger partial charge is 0.506 e. The Morgan fingerprint density at radius 3 is 2.53 bits per heavy atom. The summed E-state index contributed by atoms with van der Waals surface area (Å²) in [6.45, 7) is 0. The van der Waals surface area contributed by atoms with Crippen LogP contribution in [0.5, 0.6) is 5.75 Å². The molecule has 0 fully saturated rings. The molecule has 0 radical (unpaired) electrons. The predicted molar refractivity (Wildman–Crippen MR) is 71.0 cm³/mol. The third-order valence-electron chi connectivity index (χ3n) is 2.27. The number of anilines is 1. The molecule has 1 aromatic heterocycles. The van der Waals surface area contributed by atoms with E-state index < -0.39 is 15.6 Å². The van der Waals surface area contributed by atoms with Gasteiger partial charge in [0.05, 0.1) is 10.7 Å². The van der Waals surface area contributed by atoms with Crippen molar-refractivity contribution in [2.45, 2.75) is 4.90 Å². The summed E-state index contributed by atoms with van der Waals surface area (Å²) in [6.07, 6.45) is 1.09. The van der Waals surface area contributed by atoms with Crippen molar-refractivity contribution >= 4 is 27.3 Å². The lowest BCUT2D eigenvalue weighted by Crippen LogP contribution is -2.15. The number of pyridine rings is 1. The molecule has 6 nitrogen and oxygen atoms in total. The molecular weight excluding hydrogens is 292 g/mol. The number of H-pyrrole nitrogens is 1. The molecule has 19 heavy (non-hydrogen) atoms. The third kappa shape index (κ3) is 3.07. The van der Waals surface area contributed by atoms with Crippen molar-refractivity contribution in [3.63, 3.8) is 0 Å². The van der Waals surface area contributed by atoms with Crippen molar-refractivity contribution in [1.82, 2.24) is 4.98 Å². The summed E-state index contributed by atoms with van der Waals surface area (Å²) in [7, 11) is -3.82. The van der Waals surface area contributed by atoms with Crippen LogP contribution >= 0.6 is 11.6 Å². The van der Waals surface area contributed by atoms with Gasteiger partial charge in [-0.05, 0) is 24.3 Å². The number of aromatic hydroxyl groups is 1. The highest BCUT2D eigenvalue weighted by Crippen LogP contribution is 2.27. The molecule has 3 N–H and O–H groups in total. The van der Waals surface area contributed by atoms with Crippen LogP contribution in [-0.4, -0.2) is 18.5 Å². The van der Waals surface area contributed by atoms with E-state index in [1.54, 1.807) is 0 Å². The van der Waals surface area contributed by atoms with E-state index in [9.17, 15) is 18.3 Å². The summed E-state index contributed by atoms with van der Waals surface area (Å²) in [5, 5.41) is 9.27. The summed E-state index contributed by atoms with van der Waals surface area (Å²) >= 11 is 5.68. The average molecular weight is 301 g/mol. The van der Waals surface area contributed by atoms with Crippen LogP contribution in [0.25, 0.3) is 0 Å². The van der Waals surface area contributed by atoms with Gasteiger partial charge < -0.3 is 10.1 Å². The number of hydrogen-bond donors (Lipinski definition) is 3. The molecule has 0 saturated heterocycles. The minimum absolute atomic E-state index is 0.0293. The fourth-order valence-electron chi connectivity index (χ4n) is 1.35. The van der Waals surface area contributed by atoms with Gasteiger partial charge >= 0.3 is 0 Å². The first-order chi connectivity index (χ1) is 8.88. The van der Waals surface area contributed by atoms with Gasteiger partial charge in [0.25, 0.3) is 10.0 Å². The first kappa shape index (κ1) is 13.4. The van der Waals surface area contributed by atoms with Gasteiger partial charge in [-0.3, -0.25) is 9.52 Å². The Balaban J connectivity index is 2.33. The van der Waals surface area contributed by atoms with Crippen LogP contribution in [0.15, 0.2) is 46.2 Å². The van der Waals surface area contributed by atoms with Crippen LogP contribution < -0.4 is 10.3 Å². The van der Waals surface area contributed by atoms with Crippen molar-refractivity contribution in [2.24, 2.45) is 0 Å². The third-order valence-corrected chi connectivity index (χ3v) is 3.95. The molecule has 100 valence electrons. The Morgan fingerprint density at radius 1 is 1.21 bits per heavy atom. The number of benzene rings is 1. The van der Waals surface area contributed by atoms with Crippen molar-refractivity contribution in [1.29, 1.82) is 0 Å². The molecule has 0 aliphatic heterocycles. The maximum atomic E-state index is 12.0. The van der Waals surface area contributed by atoms with Gasteiger partial charge in [0.1, 0.15) is 10.6 Å². The predicted octanol–water partition coefficient (Wildman–Crippen LogP) is 1.53. The molecule has 1 heterocycles. The smallest absolute Gasteiger partial charge is 0.263 e. The summed E-state index contributed by atoms with van der Waals surface area (Å²) in [4.78, 5) is 13.1. The average Bonchev–Trinajstić information content (AvgIpc) is 2.34. The van der Waals surface area contributed by atoms with Crippen LogP contribution in [-0.2, 0) is 10.0 Å². The number of sulfonamides is 1. The molecule has 0 amide bonds. The van der Waals surface area contributed by atoms with Gasteiger partial charge in [0.2, 0.25) is 5.56 Å². The van der Waals surface area contributed by atoms with E-state index in [1.165, 1.54) is 24.3 Å². The Bertz CT molecular complexity index is 750. The molecule has 0 spiro atoms. The van der Waals surface area contributed by atoms with E-state index in [-0.39, 0.29) is 21.4 Å². The summed E-state index contributed by atoms with van der Waals surface area (Å²) in [5.41, 5.74) is -0.194. The molecule has 2 aromatic rings. The minimum atomic E-state index is -3.82. The zero-order valence-electron chi connectivity index (χ0n) is 9.42. The Kier molecular flexibility index (Phi) is 3.50. The number of halogens is 1. The molecule has 8 heteroatoms. The van der Waals surface area contributed by atoms with Gasteiger partial charge in [0.15, 0.2) is 0 Å². The molecule has 0 bridgehead atoms. The SMILES string of the molecule is O=c1ccc(S(=O)(=O)Nc2ccc(O)c(Cl)c2)c[nH]1. The highest BCUT2D eigenvalue weighted by molar-refractivity contribution is 7.92. The zero-order valence-corrected chi connectivity index (χ0v) is 11.0. The Morgan fingerprint density at radius 2 is 1.95 bits per heavy atom. The normalized spacial score (nSPS) is 11.2. The van der Waals surface area contributed by atoms with Gasteiger partial charge in [-0.15, -0.1) is 0 Å². The van der Waals surface area contributed by atoms with Crippen LogP contribution in [0.2, 0.25) is 5.02 Å². The number of phenolic OH excluding ortho intramolecular Hbond substituents is 1. The molecule has 1 aromatic carbocycles. The Labute approximate surface area is 113 Å². The maximum Gasteiger partial charge on any atom is 0.263 e.